The summed E-state index contributed by atoms with van der Waals surface area (Å²) in [6.07, 6.45) is 3.26. The van der Waals surface area contributed by atoms with Crippen LogP contribution in [0.3, 0.4) is 0 Å². The van der Waals surface area contributed by atoms with E-state index in [0.29, 0.717) is 17.1 Å². The van der Waals surface area contributed by atoms with Crippen LogP contribution in [0, 0.1) is 0 Å². The summed E-state index contributed by atoms with van der Waals surface area (Å²) in [5.74, 6) is -0.0141. The molecule has 1 heterocycles. The molecular weight excluding hydrogens is 376 g/mol. The highest BCUT2D eigenvalue weighted by molar-refractivity contribution is 5.98. The number of ether oxygens (including phenoxy) is 2. The minimum absolute atomic E-state index is 0.209. The predicted molar refractivity (Wildman–Crippen MR) is 115 cm³/mol. The third-order valence-corrected chi connectivity index (χ3v) is 5.36. The highest BCUT2D eigenvalue weighted by Crippen LogP contribution is 2.44. The number of Topliss-reactive ketones (excluding diaryl/α,β-unsaturated/α-hetero) is 1. The summed E-state index contributed by atoms with van der Waals surface area (Å²) < 4.78 is 11.4. The van der Waals surface area contributed by atoms with Crippen LogP contribution >= 0.6 is 0 Å². The number of carbonyl (C=O) groups is 2. The van der Waals surface area contributed by atoms with Gasteiger partial charge in [0.2, 0.25) is 0 Å². The first-order chi connectivity index (χ1) is 14.7. The van der Waals surface area contributed by atoms with E-state index in [2.05, 4.69) is 6.92 Å². The van der Waals surface area contributed by atoms with E-state index in [0.717, 1.165) is 30.4 Å². The van der Waals surface area contributed by atoms with Crippen molar-refractivity contribution < 1.29 is 19.1 Å². The van der Waals surface area contributed by atoms with Crippen LogP contribution < -0.4 is 4.74 Å². The van der Waals surface area contributed by atoms with E-state index in [1.165, 1.54) is 5.56 Å². The van der Waals surface area contributed by atoms with Gasteiger partial charge in [0.15, 0.2) is 12.4 Å². The molecule has 3 aromatic rings. The number of benzene rings is 3. The summed E-state index contributed by atoms with van der Waals surface area (Å²) in [4.78, 5) is 25.5. The van der Waals surface area contributed by atoms with Crippen molar-refractivity contribution in [1.29, 1.82) is 0 Å². The van der Waals surface area contributed by atoms with Gasteiger partial charge in [-0.1, -0.05) is 74.0 Å². The van der Waals surface area contributed by atoms with E-state index >= 15 is 0 Å². The van der Waals surface area contributed by atoms with Gasteiger partial charge in [0.25, 0.3) is 0 Å². The number of para-hydroxylation sites is 2. The fourth-order valence-electron chi connectivity index (χ4n) is 3.71. The number of rotatable bonds is 7. The van der Waals surface area contributed by atoms with E-state index < -0.39 is 11.9 Å². The molecule has 0 bridgehead atoms. The second-order valence-corrected chi connectivity index (χ2v) is 7.44. The SMILES string of the molecule is CCCCc1ccc(C(=O)COC(=O)C2c3ccccc3Oc3ccccc32)cc1. The molecule has 4 nitrogen and oxygen atoms in total. The molecular formula is C26H24O4. The summed E-state index contributed by atoms with van der Waals surface area (Å²) in [6.45, 7) is 1.87. The van der Waals surface area contributed by atoms with Gasteiger partial charge < -0.3 is 9.47 Å². The molecule has 4 rings (SSSR count). The standard InChI is InChI=1S/C26H24O4/c1-2-3-8-18-13-15-19(16-14-18)22(27)17-29-26(28)25-20-9-4-6-11-23(20)30-24-12-7-5-10-21(24)25/h4-7,9-16,25H,2-3,8,17H2,1H3. The number of ketones is 1. The highest BCUT2D eigenvalue weighted by atomic mass is 16.5. The number of hydrogen-bond donors (Lipinski definition) is 0. The molecule has 30 heavy (non-hydrogen) atoms. The average Bonchev–Trinajstić information content (AvgIpc) is 2.79. The number of fused-ring (bicyclic) bond motifs is 2. The Balaban J connectivity index is 1.47. The molecule has 0 aromatic heterocycles. The average molecular weight is 400 g/mol. The molecule has 0 spiro atoms. The molecule has 1 aliphatic rings. The second kappa shape index (κ2) is 8.95. The van der Waals surface area contributed by atoms with E-state index in [1.807, 2.05) is 60.7 Å². The van der Waals surface area contributed by atoms with Gasteiger partial charge in [-0.2, -0.15) is 0 Å². The lowest BCUT2D eigenvalue weighted by molar-refractivity contribution is -0.143. The fraction of sp³-hybridized carbons (Fsp3) is 0.231. The van der Waals surface area contributed by atoms with Crippen molar-refractivity contribution in [2.75, 3.05) is 6.61 Å². The Bertz CT molecular complexity index is 1010. The van der Waals surface area contributed by atoms with Crippen molar-refractivity contribution in [1.82, 2.24) is 0 Å². The van der Waals surface area contributed by atoms with Crippen LogP contribution in [-0.4, -0.2) is 18.4 Å². The largest absolute Gasteiger partial charge is 0.457 e. The third-order valence-electron chi connectivity index (χ3n) is 5.36. The van der Waals surface area contributed by atoms with Crippen LogP contribution in [0.15, 0.2) is 72.8 Å². The van der Waals surface area contributed by atoms with Crippen molar-refractivity contribution >= 4 is 11.8 Å². The second-order valence-electron chi connectivity index (χ2n) is 7.44. The molecule has 0 N–H and O–H groups in total. The van der Waals surface area contributed by atoms with Crippen molar-refractivity contribution in [3.8, 4) is 11.5 Å². The van der Waals surface area contributed by atoms with Gasteiger partial charge in [0, 0.05) is 16.7 Å². The summed E-state index contributed by atoms with van der Waals surface area (Å²) >= 11 is 0. The minimum atomic E-state index is -0.615. The molecule has 3 aromatic carbocycles. The molecule has 152 valence electrons. The summed E-state index contributed by atoms with van der Waals surface area (Å²) in [6, 6.07) is 22.4. The maximum atomic E-state index is 13.0. The molecule has 0 radical (unpaired) electrons. The lowest BCUT2D eigenvalue weighted by Gasteiger charge is -2.26. The number of hydrogen-bond acceptors (Lipinski definition) is 4. The number of aryl methyl sites for hydroxylation is 1. The van der Waals surface area contributed by atoms with Gasteiger partial charge in [-0.25, -0.2) is 0 Å². The van der Waals surface area contributed by atoms with E-state index in [9.17, 15) is 9.59 Å². The van der Waals surface area contributed by atoms with E-state index in [4.69, 9.17) is 9.47 Å². The number of esters is 1. The monoisotopic (exact) mass is 400 g/mol. The quantitative estimate of drug-likeness (QED) is 0.377. The fourth-order valence-corrected chi connectivity index (χ4v) is 3.71. The van der Waals surface area contributed by atoms with Crippen LogP contribution in [0.1, 0.15) is 52.7 Å². The Morgan fingerprint density at radius 2 is 1.47 bits per heavy atom. The van der Waals surface area contributed by atoms with Crippen molar-refractivity contribution in [2.45, 2.75) is 32.1 Å². The first kappa shape index (κ1) is 19.9. The van der Waals surface area contributed by atoms with Gasteiger partial charge >= 0.3 is 5.97 Å². The van der Waals surface area contributed by atoms with Crippen LogP contribution in [0.5, 0.6) is 11.5 Å². The first-order valence-electron chi connectivity index (χ1n) is 10.3. The summed E-state index contributed by atoms with van der Waals surface area (Å²) in [7, 11) is 0. The highest BCUT2D eigenvalue weighted by Gasteiger charge is 2.33. The summed E-state index contributed by atoms with van der Waals surface area (Å²) in [5, 5.41) is 0. The molecule has 0 saturated carbocycles. The molecule has 4 heteroatoms. The Morgan fingerprint density at radius 1 is 0.867 bits per heavy atom. The molecule has 0 saturated heterocycles. The van der Waals surface area contributed by atoms with E-state index in [1.54, 1.807) is 12.1 Å². The Morgan fingerprint density at radius 3 is 2.07 bits per heavy atom. The van der Waals surface area contributed by atoms with Crippen LogP contribution in [0.4, 0.5) is 0 Å². The van der Waals surface area contributed by atoms with Gasteiger partial charge in [-0.05, 0) is 30.5 Å². The Kier molecular flexibility index (Phi) is 5.94. The lowest BCUT2D eigenvalue weighted by Crippen LogP contribution is -2.23. The van der Waals surface area contributed by atoms with E-state index in [-0.39, 0.29) is 12.4 Å². The molecule has 0 fully saturated rings. The Hall–Kier alpha value is -3.40. The zero-order chi connectivity index (χ0) is 20.9. The van der Waals surface area contributed by atoms with Gasteiger partial charge in [0.05, 0.1) is 0 Å². The molecule has 0 amide bonds. The maximum absolute atomic E-state index is 13.0. The zero-order valence-electron chi connectivity index (χ0n) is 17.0. The molecule has 0 unspecified atom stereocenters. The molecule has 0 aliphatic carbocycles. The van der Waals surface area contributed by atoms with Crippen molar-refractivity contribution in [2.24, 2.45) is 0 Å². The lowest BCUT2D eigenvalue weighted by atomic mass is 9.88. The van der Waals surface area contributed by atoms with Gasteiger partial charge in [0.1, 0.15) is 17.4 Å². The summed E-state index contributed by atoms with van der Waals surface area (Å²) in [5.41, 5.74) is 3.25. The van der Waals surface area contributed by atoms with Crippen LogP contribution in [0.2, 0.25) is 0 Å². The smallest absolute Gasteiger partial charge is 0.318 e. The number of carbonyl (C=O) groups excluding carboxylic acids is 2. The van der Waals surface area contributed by atoms with Gasteiger partial charge in [-0.3, -0.25) is 9.59 Å². The molecule has 1 aliphatic heterocycles. The topological polar surface area (TPSA) is 52.6 Å². The van der Waals surface area contributed by atoms with Crippen molar-refractivity contribution in [3.63, 3.8) is 0 Å². The Labute approximate surface area is 176 Å². The molecule has 0 atom stereocenters. The third kappa shape index (κ3) is 4.13. The normalized spacial score (nSPS) is 12.4. The maximum Gasteiger partial charge on any atom is 0.318 e. The first-order valence-corrected chi connectivity index (χ1v) is 10.3. The zero-order valence-corrected chi connectivity index (χ0v) is 17.0. The van der Waals surface area contributed by atoms with Crippen molar-refractivity contribution in [3.05, 3.63) is 95.1 Å². The van der Waals surface area contributed by atoms with Crippen LogP contribution in [0.25, 0.3) is 0 Å². The predicted octanol–water partition coefficient (Wildman–Crippen LogP) is 5.69. The number of unbranched alkanes of at least 4 members (excludes halogenated alkanes) is 1. The minimum Gasteiger partial charge on any atom is -0.457 e. The van der Waals surface area contributed by atoms with Gasteiger partial charge in [-0.15, -0.1) is 0 Å². The van der Waals surface area contributed by atoms with Crippen LogP contribution in [-0.2, 0) is 16.0 Å².